The van der Waals surface area contributed by atoms with Gasteiger partial charge in [-0.1, -0.05) is 41.9 Å². The third-order valence-electron chi connectivity index (χ3n) is 5.21. The van der Waals surface area contributed by atoms with E-state index >= 15 is 0 Å². The van der Waals surface area contributed by atoms with Crippen molar-refractivity contribution < 1.29 is 4.42 Å². The number of aryl methyl sites for hydroxylation is 1. The zero-order valence-electron chi connectivity index (χ0n) is 16.8. The summed E-state index contributed by atoms with van der Waals surface area (Å²) >= 11 is 12.0. The number of nitrogens with one attached hydrogen (secondary N) is 2. The molecule has 0 atom stereocenters. The Morgan fingerprint density at radius 2 is 1.97 bits per heavy atom. The highest BCUT2D eigenvalue weighted by molar-refractivity contribution is 7.80. The number of halogens is 1. The highest BCUT2D eigenvalue weighted by Crippen LogP contribution is 2.26. The predicted octanol–water partition coefficient (Wildman–Crippen LogP) is 5.84. The number of fused-ring (bicyclic) bond motifs is 1. The SMILES string of the molecule is Cc1[nH]c2ccc(Cl)cc2c1CCN(Cc1ccco1)C(=S)NCc1ccccc1. The number of hydrogen-bond donors (Lipinski definition) is 2. The van der Waals surface area contributed by atoms with Gasteiger partial charge in [0.15, 0.2) is 5.11 Å². The van der Waals surface area contributed by atoms with Gasteiger partial charge in [-0.3, -0.25) is 0 Å². The number of hydrogen-bond acceptors (Lipinski definition) is 2. The van der Waals surface area contributed by atoms with Crippen LogP contribution < -0.4 is 5.32 Å². The predicted molar refractivity (Wildman–Crippen MR) is 127 cm³/mol. The monoisotopic (exact) mass is 437 g/mol. The van der Waals surface area contributed by atoms with Crippen molar-refractivity contribution in [3.05, 3.63) is 94.5 Å². The molecule has 0 radical (unpaired) electrons. The maximum absolute atomic E-state index is 6.24. The van der Waals surface area contributed by atoms with E-state index in [1.807, 2.05) is 48.5 Å². The van der Waals surface area contributed by atoms with Gasteiger partial charge in [0.1, 0.15) is 5.76 Å². The van der Waals surface area contributed by atoms with Gasteiger partial charge in [0.2, 0.25) is 0 Å². The third kappa shape index (κ3) is 4.86. The Balaban J connectivity index is 1.49. The summed E-state index contributed by atoms with van der Waals surface area (Å²) in [5.74, 6) is 0.887. The van der Waals surface area contributed by atoms with Gasteiger partial charge in [0, 0.05) is 34.7 Å². The fourth-order valence-electron chi connectivity index (χ4n) is 3.65. The Morgan fingerprint density at radius 3 is 2.73 bits per heavy atom. The largest absolute Gasteiger partial charge is 0.467 e. The highest BCUT2D eigenvalue weighted by atomic mass is 35.5. The van der Waals surface area contributed by atoms with E-state index in [-0.39, 0.29) is 0 Å². The fourth-order valence-corrected chi connectivity index (χ4v) is 4.05. The molecule has 4 nitrogen and oxygen atoms in total. The minimum Gasteiger partial charge on any atom is -0.467 e. The second kappa shape index (κ2) is 9.37. The van der Waals surface area contributed by atoms with Crippen molar-refractivity contribution in [2.75, 3.05) is 6.54 Å². The summed E-state index contributed by atoms with van der Waals surface area (Å²) in [6.45, 7) is 4.18. The van der Waals surface area contributed by atoms with Crippen LogP contribution in [0.15, 0.2) is 71.3 Å². The second-order valence-corrected chi connectivity index (χ2v) is 8.14. The molecule has 4 aromatic rings. The highest BCUT2D eigenvalue weighted by Gasteiger charge is 2.15. The summed E-state index contributed by atoms with van der Waals surface area (Å²) in [5.41, 5.74) is 4.73. The topological polar surface area (TPSA) is 44.2 Å². The van der Waals surface area contributed by atoms with Gasteiger partial charge in [0.05, 0.1) is 12.8 Å². The normalized spacial score (nSPS) is 11.0. The van der Waals surface area contributed by atoms with E-state index in [4.69, 9.17) is 28.2 Å². The average molecular weight is 438 g/mol. The van der Waals surface area contributed by atoms with Crippen LogP contribution in [-0.4, -0.2) is 21.5 Å². The number of aromatic nitrogens is 1. The Hall–Kier alpha value is -2.76. The second-order valence-electron chi connectivity index (χ2n) is 7.31. The van der Waals surface area contributed by atoms with Crippen molar-refractivity contribution >= 4 is 39.8 Å². The van der Waals surface area contributed by atoms with Gasteiger partial charge in [-0.2, -0.15) is 0 Å². The summed E-state index contributed by atoms with van der Waals surface area (Å²) < 4.78 is 5.57. The lowest BCUT2D eigenvalue weighted by molar-refractivity contribution is 0.359. The third-order valence-corrected chi connectivity index (χ3v) is 5.85. The summed E-state index contributed by atoms with van der Waals surface area (Å²) in [4.78, 5) is 5.61. The van der Waals surface area contributed by atoms with E-state index in [0.717, 1.165) is 35.0 Å². The van der Waals surface area contributed by atoms with Gasteiger partial charge in [0.25, 0.3) is 0 Å². The molecule has 0 unspecified atom stereocenters. The summed E-state index contributed by atoms with van der Waals surface area (Å²) in [5, 5.41) is 6.02. The molecule has 0 fully saturated rings. The maximum Gasteiger partial charge on any atom is 0.169 e. The number of benzene rings is 2. The lowest BCUT2D eigenvalue weighted by Gasteiger charge is -2.25. The Kier molecular flexibility index (Phi) is 6.41. The Bertz CT molecular complexity index is 1120. The first-order valence-electron chi connectivity index (χ1n) is 9.96. The van der Waals surface area contributed by atoms with Crippen LogP contribution >= 0.6 is 23.8 Å². The van der Waals surface area contributed by atoms with Crippen LogP contribution in [-0.2, 0) is 19.5 Å². The lowest BCUT2D eigenvalue weighted by atomic mass is 10.1. The molecule has 0 bridgehead atoms. The number of thiocarbonyl (C=S) groups is 1. The van der Waals surface area contributed by atoms with Gasteiger partial charge in [-0.05, 0) is 67.0 Å². The number of rotatable bonds is 7. The minimum absolute atomic E-state index is 0.621. The van der Waals surface area contributed by atoms with Crippen LogP contribution in [0.25, 0.3) is 10.9 Å². The zero-order chi connectivity index (χ0) is 20.9. The molecule has 2 N–H and O–H groups in total. The molecule has 0 saturated carbocycles. The lowest BCUT2D eigenvalue weighted by Crippen LogP contribution is -2.40. The Labute approximate surface area is 186 Å². The first kappa shape index (κ1) is 20.5. The standard InChI is InChI=1S/C24H24ClN3OS/c1-17-21(22-14-19(25)9-10-23(22)27-17)11-12-28(16-20-8-5-13-29-20)24(30)26-15-18-6-3-2-4-7-18/h2-10,13-14,27H,11-12,15-16H2,1H3,(H,26,30). The van der Waals surface area contributed by atoms with Crippen LogP contribution in [0.2, 0.25) is 5.02 Å². The molecule has 30 heavy (non-hydrogen) atoms. The summed E-state index contributed by atoms with van der Waals surface area (Å²) in [6, 6.07) is 20.1. The van der Waals surface area contributed by atoms with Crippen molar-refractivity contribution in [3.63, 3.8) is 0 Å². The summed E-state index contributed by atoms with van der Waals surface area (Å²) in [7, 11) is 0. The maximum atomic E-state index is 6.24. The van der Waals surface area contributed by atoms with Gasteiger partial charge in [-0.15, -0.1) is 0 Å². The van der Waals surface area contributed by atoms with Crippen molar-refractivity contribution in [2.24, 2.45) is 0 Å². The molecule has 0 aliphatic rings. The van der Waals surface area contributed by atoms with E-state index in [9.17, 15) is 0 Å². The number of aromatic amines is 1. The molecule has 154 valence electrons. The minimum atomic E-state index is 0.621. The first-order chi connectivity index (χ1) is 14.6. The van der Waals surface area contributed by atoms with Crippen molar-refractivity contribution in [1.29, 1.82) is 0 Å². The molecule has 4 rings (SSSR count). The first-order valence-corrected chi connectivity index (χ1v) is 10.7. The molecule has 2 aromatic carbocycles. The molecule has 0 aliphatic carbocycles. The zero-order valence-corrected chi connectivity index (χ0v) is 18.4. The molecule has 0 spiro atoms. The van der Waals surface area contributed by atoms with Crippen LogP contribution in [0.5, 0.6) is 0 Å². The molecular weight excluding hydrogens is 414 g/mol. The number of nitrogens with zero attached hydrogens (tertiary/aromatic N) is 1. The molecule has 0 amide bonds. The van der Waals surface area contributed by atoms with Gasteiger partial charge in [-0.25, -0.2) is 0 Å². The molecule has 0 aliphatic heterocycles. The van der Waals surface area contributed by atoms with Gasteiger partial charge < -0.3 is 19.6 Å². The average Bonchev–Trinajstić information content (AvgIpc) is 3.37. The fraction of sp³-hybridized carbons (Fsp3) is 0.208. The van der Waals surface area contributed by atoms with Crippen LogP contribution in [0, 0.1) is 6.92 Å². The van der Waals surface area contributed by atoms with E-state index in [0.29, 0.717) is 18.2 Å². The molecule has 6 heteroatoms. The van der Waals surface area contributed by atoms with Gasteiger partial charge >= 0.3 is 0 Å². The Morgan fingerprint density at radius 1 is 1.13 bits per heavy atom. The number of H-pyrrole nitrogens is 1. The van der Waals surface area contributed by atoms with Crippen LogP contribution in [0.4, 0.5) is 0 Å². The van der Waals surface area contributed by atoms with Crippen molar-refractivity contribution in [1.82, 2.24) is 15.2 Å². The smallest absolute Gasteiger partial charge is 0.169 e. The van der Waals surface area contributed by atoms with Crippen LogP contribution in [0.1, 0.15) is 22.6 Å². The molecule has 0 saturated heterocycles. The van der Waals surface area contributed by atoms with E-state index in [2.05, 4.69) is 34.3 Å². The van der Waals surface area contributed by atoms with Crippen molar-refractivity contribution in [3.8, 4) is 0 Å². The van der Waals surface area contributed by atoms with E-state index in [1.165, 1.54) is 16.5 Å². The van der Waals surface area contributed by atoms with Crippen molar-refractivity contribution in [2.45, 2.75) is 26.4 Å². The van der Waals surface area contributed by atoms with Crippen LogP contribution in [0.3, 0.4) is 0 Å². The summed E-state index contributed by atoms with van der Waals surface area (Å²) in [6.07, 6.45) is 2.54. The number of furan rings is 1. The molecular formula is C24H24ClN3OS. The van der Waals surface area contributed by atoms with E-state index < -0.39 is 0 Å². The molecule has 2 heterocycles. The quantitative estimate of drug-likeness (QED) is 0.356. The molecule has 2 aromatic heterocycles. The van der Waals surface area contributed by atoms with E-state index in [1.54, 1.807) is 6.26 Å².